The van der Waals surface area contributed by atoms with Gasteiger partial charge in [0.1, 0.15) is 6.04 Å². The third-order valence-electron chi connectivity index (χ3n) is 6.70. The number of benzene rings is 2. The monoisotopic (exact) mass is 441 g/mol. The molecule has 0 spiro atoms. The first-order chi connectivity index (χ1) is 15.9. The first kappa shape index (κ1) is 21.4. The summed E-state index contributed by atoms with van der Waals surface area (Å²) in [6, 6.07) is 18.3. The molecule has 1 aliphatic carbocycles. The summed E-state index contributed by atoms with van der Waals surface area (Å²) in [5.41, 5.74) is 4.92. The number of aromatic nitrogens is 3. The van der Waals surface area contributed by atoms with Crippen molar-refractivity contribution < 1.29 is 4.79 Å². The number of carbonyl (C=O) groups excluding carboxylic acids is 1. The molecule has 6 nitrogen and oxygen atoms in total. The summed E-state index contributed by atoms with van der Waals surface area (Å²) in [6.07, 6.45) is 1.35. The molecule has 0 saturated heterocycles. The van der Waals surface area contributed by atoms with Gasteiger partial charge in [-0.2, -0.15) is 4.98 Å². The maximum atomic E-state index is 13.4. The van der Waals surface area contributed by atoms with Crippen LogP contribution in [0.1, 0.15) is 52.1 Å². The van der Waals surface area contributed by atoms with Crippen molar-refractivity contribution in [2.45, 2.75) is 46.6 Å². The second-order valence-corrected chi connectivity index (χ2v) is 9.69. The van der Waals surface area contributed by atoms with E-state index in [1.807, 2.05) is 35.0 Å². The zero-order valence-electron chi connectivity index (χ0n) is 19.8. The van der Waals surface area contributed by atoms with Crippen LogP contribution in [0.3, 0.4) is 0 Å². The second kappa shape index (κ2) is 8.18. The third kappa shape index (κ3) is 3.84. The zero-order chi connectivity index (χ0) is 23.2. The van der Waals surface area contributed by atoms with E-state index in [9.17, 15) is 4.79 Å². The molecule has 0 amide bonds. The van der Waals surface area contributed by atoms with E-state index in [-0.39, 0.29) is 17.2 Å². The lowest BCUT2D eigenvalue weighted by Gasteiger charge is -2.38. The number of carbonyl (C=O) groups is 1. The summed E-state index contributed by atoms with van der Waals surface area (Å²) in [5.74, 6) is 1.54. The van der Waals surface area contributed by atoms with Gasteiger partial charge < -0.3 is 10.2 Å². The quantitative estimate of drug-likeness (QED) is 0.570. The van der Waals surface area contributed by atoms with E-state index in [0.29, 0.717) is 18.2 Å². The van der Waals surface area contributed by atoms with Crippen molar-refractivity contribution in [1.82, 2.24) is 14.8 Å². The number of rotatable bonds is 5. The summed E-state index contributed by atoms with van der Waals surface area (Å²) in [6.45, 7) is 10.5. The van der Waals surface area contributed by atoms with Crippen LogP contribution < -0.4 is 10.2 Å². The average Bonchev–Trinajstić information content (AvgIpc) is 3.22. The fraction of sp³-hybridized carbons (Fsp3) is 0.370. The molecule has 1 N–H and O–H groups in total. The molecular weight excluding hydrogens is 410 g/mol. The minimum Gasteiger partial charge on any atom is -0.372 e. The Morgan fingerprint density at radius 3 is 2.39 bits per heavy atom. The van der Waals surface area contributed by atoms with E-state index in [4.69, 9.17) is 10.1 Å². The lowest BCUT2D eigenvalue weighted by Crippen LogP contribution is -2.36. The van der Waals surface area contributed by atoms with E-state index in [0.717, 1.165) is 41.9 Å². The average molecular weight is 442 g/mol. The molecule has 1 atom stereocenters. The Hall–Kier alpha value is -3.41. The smallest absolute Gasteiger partial charge is 0.226 e. The Bertz CT molecular complexity index is 1200. The minimum absolute atomic E-state index is 0.0788. The van der Waals surface area contributed by atoms with Gasteiger partial charge >= 0.3 is 0 Å². The Morgan fingerprint density at radius 2 is 1.73 bits per heavy atom. The number of anilines is 2. The number of hydrogen-bond donors (Lipinski definition) is 1. The topological polar surface area (TPSA) is 63.1 Å². The van der Waals surface area contributed by atoms with Crippen LogP contribution in [0.5, 0.6) is 0 Å². The van der Waals surface area contributed by atoms with Crippen LogP contribution in [0, 0.1) is 5.41 Å². The molecule has 2 heterocycles. The molecule has 2 aliphatic rings. The lowest BCUT2D eigenvalue weighted by atomic mass is 9.73. The number of Topliss-reactive ketones (excluding diaryl/α,β-unsaturated/α-hetero) is 1. The third-order valence-corrected chi connectivity index (χ3v) is 6.70. The Kier molecular flexibility index (Phi) is 5.31. The standard InChI is InChI=1S/C27H31N5O/c1-5-31(6-2)20-14-12-18(13-15-20)24-23-21(16-27(3,4)17-22(23)33)28-26-29-25(30-32(24)26)19-10-8-7-9-11-19/h7-15,24H,5-6,16-17H2,1-4H3,(H,28,29,30). The maximum Gasteiger partial charge on any atom is 0.226 e. The number of hydrogen-bond acceptors (Lipinski definition) is 5. The minimum atomic E-state index is -0.282. The molecule has 170 valence electrons. The predicted molar refractivity (Wildman–Crippen MR) is 132 cm³/mol. The predicted octanol–water partition coefficient (Wildman–Crippen LogP) is 5.45. The van der Waals surface area contributed by atoms with Gasteiger partial charge in [0.25, 0.3) is 0 Å². The molecule has 0 radical (unpaired) electrons. The first-order valence-corrected chi connectivity index (χ1v) is 11.8. The molecule has 0 bridgehead atoms. The molecule has 0 fully saturated rings. The van der Waals surface area contributed by atoms with Gasteiger partial charge in [0.2, 0.25) is 5.95 Å². The first-order valence-electron chi connectivity index (χ1n) is 11.8. The van der Waals surface area contributed by atoms with E-state index in [1.54, 1.807) is 0 Å². The molecule has 2 aromatic carbocycles. The number of allylic oxidation sites excluding steroid dienone is 2. The molecule has 5 rings (SSSR count). The van der Waals surface area contributed by atoms with Crippen molar-refractivity contribution in [3.05, 3.63) is 71.4 Å². The Morgan fingerprint density at radius 1 is 1.03 bits per heavy atom. The summed E-state index contributed by atoms with van der Waals surface area (Å²) >= 11 is 0. The van der Waals surface area contributed by atoms with E-state index >= 15 is 0 Å². The van der Waals surface area contributed by atoms with Crippen molar-refractivity contribution in [1.29, 1.82) is 0 Å². The zero-order valence-corrected chi connectivity index (χ0v) is 19.8. The summed E-state index contributed by atoms with van der Waals surface area (Å²) in [7, 11) is 0. The van der Waals surface area contributed by atoms with Crippen LogP contribution in [0.25, 0.3) is 11.4 Å². The molecule has 1 unspecified atom stereocenters. The molecule has 6 heteroatoms. The molecule has 33 heavy (non-hydrogen) atoms. The van der Waals surface area contributed by atoms with E-state index in [2.05, 4.69) is 62.2 Å². The van der Waals surface area contributed by atoms with Crippen molar-refractivity contribution in [3.8, 4) is 11.4 Å². The fourth-order valence-corrected chi connectivity index (χ4v) is 5.08. The van der Waals surface area contributed by atoms with Crippen LogP contribution in [0.2, 0.25) is 0 Å². The highest BCUT2D eigenvalue weighted by Crippen LogP contribution is 2.45. The fourth-order valence-electron chi connectivity index (χ4n) is 5.08. The van der Waals surface area contributed by atoms with Gasteiger partial charge in [-0.25, -0.2) is 4.68 Å². The van der Waals surface area contributed by atoms with Crippen molar-refractivity contribution >= 4 is 17.4 Å². The van der Waals surface area contributed by atoms with Gasteiger partial charge in [-0.05, 0) is 43.4 Å². The molecule has 1 aromatic heterocycles. The number of fused-ring (bicyclic) bond motifs is 1. The van der Waals surface area contributed by atoms with Gasteiger partial charge in [0.15, 0.2) is 11.6 Å². The van der Waals surface area contributed by atoms with Crippen LogP contribution >= 0.6 is 0 Å². The number of nitrogens with one attached hydrogen (secondary N) is 1. The van der Waals surface area contributed by atoms with Gasteiger partial charge in [-0.3, -0.25) is 4.79 Å². The summed E-state index contributed by atoms with van der Waals surface area (Å²) < 4.78 is 1.89. The number of nitrogens with zero attached hydrogens (tertiary/aromatic N) is 4. The Balaban J connectivity index is 1.63. The van der Waals surface area contributed by atoms with E-state index < -0.39 is 0 Å². The Labute approximate surface area is 195 Å². The maximum absolute atomic E-state index is 13.4. The molecule has 1 aliphatic heterocycles. The highest BCUT2D eigenvalue weighted by atomic mass is 16.1. The highest BCUT2D eigenvalue weighted by molar-refractivity contribution is 6.00. The summed E-state index contributed by atoms with van der Waals surface area (Å²) in [5, 5.41) is 8.34. The van der Waals surface area contributed by atoms with Gasteiger partial charge in [0.05, 0.1) is 0 Å². The summed E-state index contributed by atoms with van der Waals surface area (Å²) in [4.78, 5) is 20.6. The van der Waals surface area contributed by atoms with Crippen molar-refractivity contribution in [3.63, 3.8) is 0 Å². The SMILES string of the molecule is CCN(CC)c1ccc(C2C3=C(CC(C)(C)CC3=O)Nc3nc(-c4ccccc4)nn32)cc1. The molecule has 3 aromatic rings. The van der Waals surface area contributed by atoms with Crippen molar-refractivity contribution in [2.75, 3.05) is 23.3 Å². The van der Waals surface area contributed by atoms with Gasteiger partial charge in [-0.1, -0.05) is 56.3 Å². The van der Waals surface area contributed by atoms with Gasteiger partial charge in [-0.15, -0.1) is 5.10 Å². The van der Waals surface area contributed by atoms with Crippen LogP contribution in [-0.2, 0) is 4.79 Å². The second-order valence-electron chi connectivity index (χ2n) is 9.69. The highest BCUT2D eigenvalue weighted by Gasteiger charge is 2.41. The normalized spacial score (nSPS) is 19.0. The number of ketones is 1. The largest absolute Gasteiger partial charge is 0.372 e. The molecular formula is C27H31N5O. The van der Waals surface area contributed by atoms with Crippen LogP contribution in [0.15, 0.2) is 65.9 Å². The van der Waals surface area contributed by atoms with E-state index in [1.165, 1.54) is 5.69 Å². The van der Waals surface area contributed by atoms with Crippen molar-refractivity contribution in [2.24, 2.45) is 5.41 Å². The molecule has 0 saturated carbocycles. The lowest BCUT2D eigenvalue weighted by molar-refractivity contribution is -0.118. The van der Waals surface area contributed by atoms with Crippen LogP contribution in [0.4, 0.5) is 11.6 Å². The van der Waals surface area contributed by atoms with Gasteiger partial charge in [0, 0.05) is 42.0 Å². The van der Waals surface area contributed by atoms with Crippen LogP contribution in [-0.4, -0.2) is 33.6 Å².